The third kappa shape index (κ3) is 10.3. The smallest absolute Gasteiger partial charge is 0.152 e. The van der Waals surface area contributed by atoms with Gasteiger partial charge in [0.25, 0.3) is 0 Å². The van der Waals surface area contributed by atoms with Gasteiger partial charge in [-0.3, -0.25) is 4.79 Å². The van der Waals surface area contributed by atoms with Gasteiger partial charge in [0, 0.05) is 23.8 Å². The number of rotatable bonds is 5. The maximum Gasteiger partial charge on any atom is 0.152 e. The molecule has 12 heavy (non-hydrogen) atoms. The second kappa shape index (κ2) is 9.43. The van der Waals surface area contributed by atoms with E-state index in [1.165, 1.54) is 0 Å². The molecule has 0 aliphatic heterocycles. The van der Waals surface area contributed by atoms with Gasteiger partial charge in [-0.2, -0.15) is 11.8 Å². The Balaban J connectivity index is 0. The molecule has 0 aliphatic rings. The first kappa shape index (κ1) is 14.8. The van der Waals surface area contributed by atoms with E-state index in [4.69, 9.17) is 0 Å². The van der Waals surface area contributed by atoms with E-state index in [0.717, 1.165) is 12.2 Å². The zero-order valence-electron chi connectivity index (χ0n) is 7.91. The van der Waals surface area contributed by atoms with E-state index in [1.807, 2.05) is 17.8 Å². The molecule has 69 valence electrons. The largest absolute Gasteiger partial charge is 0.295 e. The van der Waals surface area contributed by atoms with Crippen LogP contribution in [0.1, 0.15) is 27.2 Å². The average Bonchev–Trinajstić information content (AvgIpc) is 1.87. The van der Waals surface area contributed by atoms with Gasteiger partial charge in [-0.15, -0.1) is 0 Å². The molecule has 0 aromatic carbocycles. The second-order valence-electron chi connectivity index (χ2n) is 2.51. The summed E-state index contributed by atoms with van der Waals surface area (Å²) in [4.78, 5) is 10.5. The molecule has 0 saturated heterocycles. The van der Waals surface area contributed by atoms with Crippen molar-refractivity contribution in [1.82, 2.24) is 0 Å². The Morgan fingerprint density at radius 1 is 1.58 bits per heavy atom. The summed E-state index contributed by atoms with van der Waals surface area (Å²) >= 11 is 1.92. The molecule has 1 atom stereocenters. The number of hydrogen-bond acceptors (Lipinski definition) is 2. The predicted octanol–water partition coefficient (Wildman–Crippen LogP) is 2.66. The normalized spacial score (nSPS) is 12.6. The Hall–Kier alpha value is 0.344. The summed E-state index contributed by atoms with van der Waals surface area (Å²) in [7, 11) is 0. The van der Waals surface area contributed by atoms with Gasteiger partial charge in [-0.25, -0.2) is 0 Å². The molecule has 0 bridgehead atoms. The zero-order chi connectivity index (χ0) is 8.69. The zero-order valence-corrected chi connectivity index (χ0v) is 10.1. The molecular formula is C9H16OSV. The van der Waals surface area contributed by atoms with E-state index in [1.54, 1.807) is 13.0 Å². The van der Waals surface area contributed by atoms with Gasteiger partial charge in [-0.05, 0) is 25.2 Å². The summed E-state index contributed by atoms with van der Waals surface area (Å²) in [6, 6.07) is 0. The van der Waals surface area contributed by atoms with Gasteiger partial charge >= 0.3 is 0 Å². The van der Waals surface area contributed by atoms with Crippen molar-refractivity contribution in [1.29, 1.82) is 0 Å². The third-order valence-corrected chi connectivity index (χ3v) is 2.37. The summed E-state index contributed by atoms with van der Waals surface area (Å²) in [5.41, 5.74) is 0. The summed E-state index contributed by atoms with van der Waals surface area (Å²) in [6.07, 6.45) is 4.60. The summed E-state index contributed by atoms with van der Waals surface area (Å²) < 4.78 is 0. The first-order valence-corrected chi connectivity index (χ1v) is 5.00. The molecular weight excluding hydrogens is 207 g/mol. The first-order valence-electron chi connectivity index (χ1n) is 3.95. The number of thioether (sulfide) groups is 1. The molecule has 0 saturated carbocycles. The van der Waals surface area contributed by atoms with E-state index < -0.39 is 0 Å². The molecule has 0 aliphatic carbocycles. The molecule has 1 nitrogen and oxygen atoms in total. The van der Waals surface area contributed by atoms with E-state index in [-0.39, 0.29) is 24.3 Å². The van der Waals surface area contributed by atoms with E-state index >= 15 is 0 Å². The van der Waals surface area contributed by atoms with Crippen LogP contribution in [0.25, 0.3) is 0 Å². The van der Waals surface area contributed by atoms with Gasteiger partial charge in [0.1, 0.15) is 0 Å². The standard InChI is InChI=1S/C9H16OS.V/c1-4-11-9(3)7-5-6-8(2)10;/h5-6,9H,4,7H2,1-3H3;/b6-5+;. The fourth-order valence-electron chi connectivity index (χ4n) is 0.778. The maximum absolute atomic E-state index is 10.5. The quantitative estimate of drug-likeness (QED) is 0.666. The molecule has 0 rings (SSSR count). The minimum atomic E-state index is 0. The van der Waals surface area contributed by atoms with Crippen molar-refractivity contribution in [3.05, 3.63) is 12.2 Å². The van der Waals surface area contributed by atoms with Crippen LogP contribution in [0.2, 0.25) is 0 Å². The topological polar surface area (TPSA) is 17.1 Å². The van der Waals surface area contributed by atoms with Gasteiger partial charge in [-0.1, -0.05) is 19.9 Å². The second-order valence-corrected chi connectivity index (χ2v) is 4.23. The van der Waals surface area contributed by atoms with Gasteiger partial charge in [0.15, 0.2) is 5.78 Å². The van der Waals surface area contributed by atoms with Crippen LogP contribution in [0.5, 0.6) is 0 Å². The number of carbonyl (C=O) groups excluding carboxylic acids is 1. The molecule has 0 spiro atoms. The van der Waals surface area contributed by atoms with Crippen LogP contribution >= 0.6 is 11.8 Å². The fraction of sp³-hybridized carbons (Fsp3) is 0.667. The molecule has 0 aromatic heterocycles. The number of carbonyl (C=O) groups is 1. The van der Waals surface area contributed by atoms with E-state index in [2.05, 4.69) is 13.8 Å². The van der Waals surface area contributed by atoms with Crippen molar-refractivity contribution < 1.29 is 23.4 Å². The Kier molecular flexibility index (Phi) is 11.7. The monoisotopic (exact) mass is 223 g/mol. The van der Waals surface area contributed by atoms with Crippen molar-refractivity contribution in [2.75, 3.05) is 5.75 Å². The van der Waals surface area contributed by atoms with Crippen molar-refractivity contribution in [2.45, 2.75) is 32.4 Å². The minimum Gasteiger partial charge on any atom is -0.295 e. The Labute approximate surface area is 91.3 Å². The van der Waals surface area contributed by atoms with Crippen molar-refractivity contribution in [3.63, 3.8) is 0 Å². The van der Waals surface area contributed by atoms with Gasteiger partial charge in [0.05, 0.1) is 0 Å². The number of hydrogen-bond donors (Lipinski definition) is 0. The Morgan fingerprint density at radius 3 is 2.58 bits per heavy atom. The van der Waals surface area contributed by atoms with Crippen LogP contribution in [0, 0.1) is 0 Å². The third-order valence-electron chi connectivity index (χ3n) is 1.27. The SMILES string of the molecule is CCSC(C)C/C=C/C(C)=O.[V]. The summed E-state index contributed by atoms with van der Waals surface area (Å²) in [5.74, 6) is 1.29. The van der Waals surface area contributed by atoms with Crippen molar-refractivity contribution >= 4 is 17.5 Å². The predicted molar refractivity (Wildman–Crippen MR) is 52.0 cm³/mol. The number of ketones is 1. The molecule has 0 heterocycles. The molecule has 1 unspecified atom stereocenters. The van der Waals surface area contributed by atoms with Crippen molar-refractivity contribution in [3.8, 4) is 0 Å². The molecule has 1 radical (unpaired) electrons. The van der Waals surface area contributed by atoms with E-state index in [9.17, 15) is 4.79 Å². The van der Waals surface area contributed by atoms with Crippen LogP contribution in [0.15, 0.2) is 12.2 Å². The molecule has 0 amide bonds. The van der Waals surface area contributed by atoms with Gasteiger partial charge in [0.2, 0.25) is 0 Å². The molecule has 0 N–H and O–H groups in total. The van der Waals surface area contributed by atoms with Crippen LogP contribution in [-0.2, 0) is 23.4 Å². The number of allylic oxidation sites excluding steroid dienone is 2. The van der Waals surface area contributed by atoms with Crippen LogP contribution in [0.4, 0.5) is 0 Å². The fourth-order valence-corrected chi connectivity index (χ4v) is 1.59. The van der Waals surface area contributed by atoms with Crippen LogP contribution in [0.3, 0.4) is 0 Å². The van der Waals surface area contributed by atoms with Gasteiger partial charge < -0.3 is 0 Å². The summed E-state index contributed by atoms with van der Waals surface area (Å²) in [5, 5.41) is 0.635. The first-order chi connectivity index (χ1) is 5.16. The van der Waals surface area contributed by atoms with Crippen LogP contribution in [-0.4, -0.2) is 16.8 Å². The van der Waals surface area contributed by atoms with E-state index in [0.29, 0.717) is 5.25 Å². The van der Waals surface area contributed by atoms with Crippen LogP contribution < -0.4 is 0 Å². The van der Waals surface area contributed by atoms with Crippen molar-refractivity contribution in [2.24, 2.45) is 0 Å². The molecule has 0 fully saturated rings. The molecule has 3 heteroatoms. The maximum atomic E-state index is 10.5. The Bertz CT molecular complexity index is 145. The average molecular weight is 223 g/mol. The minimum absolute atomic E-state index is 0. The summed E-state index contributed by atoms with van der Waals surface area (Å²) in [6.45, 7) is 5.91. The molecule has 0 aromatic rings. The Morgan fingerprint density at radius 2 is 2.17 bits per heavy atom.